The van der Waals surface area contributed by atoms with Gasteiger partial charge in [-0.1, -0.05) is 24.3 Å². The Kier molecular flexibility index (Phi) is 7.43. The third-order valence-electron chi connectivity index (χ3n) is 5.50. The number of anilines is 2. The smallest absolute Gasteiger partial charge is 0.271 e. The molecule has 8 heteroatoms. The van der Waals surface area contributed by atoms with Crippen LogP contribution in [0.2, 0.25) is 0 Å². The van der Waals surface area contributed by atoms with Crippen molar-refractivity contribution in [2.75, 3.05) is 23.3 Å². The molecule has 8 nitrogen and oxygen atoms in total. The van der Waals surface area contributed by atoms with E-state index in [1.54, 1.807) is 30.3 Å². The van der Waals surface area contributed by atoms with Gasteiger partial charge in [0.05, 0.1) is 42.4 Å². The van der Waals surface area contributed by atoms with Crippen molar-refractivity contribution in [2.45, 2.75) is 20.8 Å². The molecule has 0 aromatic heterocycles. The standard InChI is InChI=1S/C27H21N7O/c1-6-34(7-2)18-12-13-21(22(14-18)32-17(3)35)33-27-25(23(15-28)30-4)19-10-8-9-11-20(19)26(27)24(16-29)31-5/h8-14H,6-7H2,1-3H3,(H,32,35)/b25-23+,26-24+. The molecule has 0 heterocycles. The number of allylic oxidation sites excluding steroid dienone is 4. The molecule has 0 fully saturated rings. The Morgan fingerprint density at radius 2 is 1.54 bits per heavy atom. The quantitative estimate of drug-likeness (QED) is 0.465. The van der Waals surface area contributed by atoms with Gasteiger partial charge in [0.1, 0.15) is 0 Å². The normalized spacial score (nSPS) is 14.4. The molecule has 0 unspecified atom stereocenters. The molecule has 0 bridgehead atoms. The molecule has 0 aliphatic heterocycles. The van der Waals surface area contributed by atoms with Crippen molar-refractivity contribution >= 4 is 39.8 Å². The summed E-state index contributed by atoms with van der Waals surface area (Å²) >= 11 is 0. The topological polar surface area (TPSA) is 101 Å². The molecule has 2 aromatic carbocycles. The summed E-state index contributed by atoms with van der Waals surface area (Å²) in [6, 6.07) is 16.2. The van der Waals surface area contributed by atoms with E-state index in [4.69, 9.17) is 18.1 Å². The van der Waals surface area contributed by atoms with Crippen LogP contribution in [0.25, 0.3) is 20.8 Å². The zero-order valence-electron chi connectivity index (χ0n) is 19.5. The number of carbonyl (C=O) groups excluding carboxylic acids is 1. The van der Waals surface area contributed by atoms with E-state index in [0.717, 1.165) is 18.8 Å². The Morgan fingerprint density at radius 1 is 1.00 bits per heavy atom. The summed E-state index contributed by atoms with van der Waals surface area (Å²) < 4.78 is 0. The van der Waals surface area contributed by atoms with E-state index >= 15 is 0 Å². The van der Waals surface area contributed by atoms with Crippen molar-refractivity contribution in [2.24, 2.45) is 4.99 Å². The summed E-state index contributed by atoms with van der Waals surface area (Å²) in [4.78, 5) is 25.6. The molecule has 2 aromatic rings. The maximum atomic E-state index is 12.0. The van der Waals surface area contributed by atoms with Crippen LogP contribution < -0.4 is 10.2 Å². The number of carbonyl (C=O) groups is 1. The van der Waals surface area contributed by atoms with Crippen molar-refractivity contribution in [3.8, 4) is 12.1 Å². The lowest BCUT2D eigenvalue weighted by Crippen LogP contribution is -2.22. The average Bonchev–Trinajstić information content (AvgIpc) is 3.17. The summed E-state index contributed by atoms with van der Waals surface area (Å²) in [5.74, 6) is -0.290. The highest BCUT2D eigenvalue weighted by atomic mass is 16.1. The Bertz CT molecular complexity index is 1360. The summed E-state index contributed by atoms with van der Waals surface area (Å²) in [5.41, 5.74) is 3.08. The second kappa shape index (κ2) is 10.6. The summed E-state index contributed by atoms with van der Waals surface area (Å²) in [7, 11) is 0. The number of hydrogen-bond acceptors (Lipinski definition) is 5. The number of aliphatic imine (C=N–C) groups is 1. The minimum Gasteiger partial charge on any atom is -0.372 e. The van der Waals surface area contributed by atoms with Gasteiger partial charge in [0.2, 0.25) is 5.91 Å². The Balaban J connectivity index is 2.42. The van der Waals surface area contributed by atoms with E-state index < -0.39 is 0 Å². The molecule has 0 saturated heterocycles. The van der Waals surface area contributed by atoms with Gasteiger partial charge in [-0.3, -0.25) is 4.79 Å². The zero-order valence-corrected chi connectivity index (χ0v) is 19.5. The predicted molar refractivity (Wildman–Crippen MR) is 136 cm³/mol. The molecule has 1 aliphatic carbocycles. The first-order chi connectivity index (χ1) is 16.9. The number of nitriles is 2. The Morgan fingerprint density at radius 3 is 1.97 bits per heavy atom. The number of hydrogen-bond donors (Lipinski definition) is 1. The highest BCUT2D eigenvalue weighted by molar-refractivity contribution is 6.51. The van der Waals surface area contributed by atoms with Crippen molar-refractivity contribution in [3.05, 3.63) is 87.8 Å². The van der Waals surface area contributed by atoms with Crippen LogP contribution in [0.4, 0.5) is 17.1 Å². The summed E-state index contributed by atoms with van der Waals surface area (Å²) in [6.07, 6.45) is 0. The lowest BCUT2D eigenvalue weighted by atomic mass is 10.0. The summed E-state index contributed by atoms with van der Waals surface area (Å²) in [5, 5.41) is 22.2. The van der Waals surface area contributed by atoms with Crippen molar-refractivity contribution in [1.82, 2.24) is 0 Å². The SMILES string of the molecule is [C-]#[N+]/C(C#N)=C1/C(=Nc2ccc(N(CC)CC)cc2NC(C)=O)/C(=C(\C#N)[N+]#[C-])c2ccccc21. The highest BCUT2D eigenvalue weighted by Gasteiger charge is 2.33. The van der Waals surface area contributed by atoms with Gasteiger partial charge >= 0.3 is 0 Å². The van der Waals surface area contributed by atoms with Crippen LogP contribution in [0.5, 0.6) is 0 Å². The van der Waals surface area contributed by atoms with Gasteiger partial charge in [-0.15, -0.1) is 0 Å². The van der Waals surface area contributed by atoms with E-state index in [1.165, 1.54) is 6.92 Å². The largest absolute Gasteiger partial charge is 0.372 e. The predicted octanol–water partition coefficient (Wildman–Crippen LogP) is 5.59. The van der Waals surface area contributed by atoms with Gasteiger partial charge < -0.3 is 10.2 Å². The molecule has 1 N–H and O–H groups in total. The maximum Gasteiger partial charge on any atom is 0.271 e. The lowest BCUT2D eigenvalue weighted by Gasteiger charge is -2.22. The van der Waals surface area contributed by atoms with Crippen molar-refractivity contribution in [3.63, 3.8) is 0 Å². The molecule has 0 atom stereocenters. The second-order valence-electron chi connectivity index (χ2n) is 7.46. The van der Waals surface area contributed by atoms with Crippen LogP contribution in [-0.4, -0.2) is 24.7 Å². The van der Waals surface area contributed by atoms with Gasteiger partial charge in [-0.2, -0.15) is 0 Å². The fourth-order valence-electron chi connectivity index (χ4n) is 3.98. The molecular formula is C27H21N7O. The van der Waals surface area contributed by atoms with Crippen LogP contribution in [0.15, 0.2) is 58.9 Å². The molecular weight excluding hydrogens is 438 g/mol. The fraction of sp³-hybridized carbons (Fsp3) is 0.185. The molecule has 170 valence electrons. The van der Waals surface area contributed by atoms with E-state index in [2.05, 4.69) is 19.9 Å². The van der Waals surface area contributed by atoms with E-state index in [9.17, 15) is 15.3 Å². The Hall–Kier alpha value is -5.18. The van der Waals surface area contributed by atoms with E-state index in [0.29, 0.717) is 22.5 Å². The molecule has 1 aliphatic rings. The monoisotopic (exact) mass is 459 g/mol. The van der Waals surface area contributed by atoms with Crippen LogP contribution in [0.3, 0.4) is 0 Å². The number of rotatable bonds is 5. The fourth-order valence-corrected chi connectivity index (χ4v) is 3.98. The van der Waals surface area contributed by atoms with Crippen LogP contribution >= 0.6 is 0 Å². The third-order valence-corrected chi connectivity index (χ3v) is 5.50. The lowest BCUT2D eigenvalue weighted by molar-refractivity contribution is -0.114. The first kappa shape index (κ1) is 24.5. The number of nitrogens with one attached hydrogen (secondary N) is 1. The van der Waals surface area contributed by atoms with Crippen molar-refractivity contribution in [1.29, 1.82) is 10.5 Å². The first-order valence-corrected chi connectivity index (χ1v) is 10.8. The zero-order chi connectivity index (χ0) is 25.5. The van der Waals surface area contributed by atoms with Crippen LogP contribution in [0.1, 0.15) is 31.9 Å². The van der Waals surface area contributed by atoms with Crippen molar-refractivity contribution < 1.29 is 4.79 Å². The molecule has 3 rings (SSSR count). The molecule has 0 saturated carbocycles. The van der Waals surface area contributed by atoms with Crippen LogP contribution in [0, 0.1) is 35.8 Å². The number of nitrogens with zero attached hydrogens (tertiary/aromatic N) is 6. The van der Waals surface area contributed by atoms with Gasteiger partial charge in [0, 0.05) is 36.8 Å². The third kappa shape index (κ3) is 4.64. The Labute approximate surface area is 204 Å². The minimum absolute atomic E-state index is 0.175. The molecule has 0 spiro atoms. The van der Waals surface area contributed by atoms with Gasteiger partial charge in [0.25, 0.3) is 11.4 Å². The highest BCUT2D eigenvalue weighted by Crippen LogP contribution is 2.44. The second-order valence-corrected chi connectivity index (χ2v) is 7.46. The number of amides is 1. The first-order valence-electron chi connectivity index (χ1n) is 10.8. The number of fused-ring (bicyclic) bond motifs is 1. The van der Waals surface area contributed by atoms with E-state index in [1.807, 2.05) is 38.1 Å². The van der Waals surface area contributed by atoms with Gasteiger partial charge in [0.15, 0.2) is 0 Å². The minimum atomic E-state index is -0.290. The van der Waals surface area contributed by atoms with Gasteiger partial charge in [-0.05, 0) is 43.2 Å². The van der Waals surface area contributed by atoms with Crippen LogP contribution in [-0.2, 0) is 4.79 Å². The average molecular weight is 460 g/mol. The number of benzene rings is 2. The van der Waals surface area contributed by atoms with Gasteiger partial charge in [-0.25, -0.2) is 25.2 Å². The maximum absolute atomic E-state index is 12.0. The molecule has 0 radical (unpaired) electrons. The summed E-state index contributed by atoms with van der Waals surface area (Å²) in [6.45, 7) is 22.1. The molecule has 1 amide bonds. The van der Waals surface area contributed by atoms with E-state index in [-0.39, 0.29) is 34.2 Å². The molecule has 35 heavy (non-hydrogen) atoms.